The number of aliphatic hydroxyl groups is 6. The van der Waals surface area contributed by atoms with Crippen molar-refractivity contribution in [2.45, 2.75) is 30.5 Å². The van der Waals surface area contributed by atoms with Gasteiger partial charge in [-0.3, -0.25) is 4.52 Å². The maximum atomic E-state index is 11.6. The first-order valence-corrected chi connectivity index (χ1v) is 7.41. The monoisotopic (exact) mass is 350 g/mol. The molecule has 0 aromatic rings. The number of phosphoric ester groups is 1. The highest BCUT2D eigenvalue weighted by molar-refractivity contribution is 7.46. The molecule has 0 saturated heterocycles. The minimum Gasteiger partial charge on any atom is -0.455 e. The maximum absolute atomic E-state index is 11.6. The van der Waals surface area contributed by atoms with Crippen LogP contribution in [0.15, 0.2) is 0 Å². The van der Waals surface area contributed by atoms with E-state index in [1.807, 2.05) is 0 Å². The highest BCUT2D eigenvalue weighted by Gasteiger charge is 2.38. The predicted octanol–water partition coefficient (Wildman–Crippen LogP) is -4.56. The number of aliphatic hydroxyl groups excluding tert-OH is 6. The molecule has 22 heavy (non-hydrogen) atoms. The van der Waals surface area contributed by atoms with E-state index in [-0.39, 0.29) is 0 Å². The largest absolute Gasteiger partial charge is 0.470 e. The molecule has 8 N–H and O–H groups in total. The highest BCUT2D eigenvalue weighted by atomic mass is 31.2. The molecule has 0 radical (unpaired) electrons. The third-order valence-electron chi connectivity index (χ3n) is 2.43. The van der Waals surface area contributed by atoms with Crippen molar-refractivity contribution < 1.29 is 59.0 Å². The lowest BCUT2D eigenvalue weighted by Gasteiger charge is -2.29. The smallest absolute Gasteiger partial charge is 0.455 e. The van der Waals surface area contributed by atoms with Gasteiger partial charge < -0.3 is 45.2 Å². The SMILES string of the molecule is O=C(O[C@@H]([C@H](O)[C@H](O)CO)[C@H](O)CO)C(CO)OP(=O)(O)O. The quantitative estimate of drug-likeness (QED) is 0.138. The molecular weight excluding hydrogens is 331 g/mol. The summed E-state index contributed by atoms with van der Waals surface area (Å²) in [5, 5.41) is 54.6. The van der Waals surface area contributed by atoms with Crippen LogP contribution >= 0.6 is 7.82 Å². The maximum Gasteiger partial charge on any atom is 0.470 e. The first-order valence-electron chi connectivity index (χ1n) is 5.88. The van der Waals surface area contributed by atoms with Crippen molar-refractivity contribution in [3.05, 3.63) is 0 Å². The molecule has 0 aromatic heterocycles. The van der Waals surface area contributed by atoms with Crippen molar-refractivity contribution in [3.63, 3.8) is 0 Å². The fourth-order valence-corrected chi connectivity index (χ4v) is 1.82. The van der Waals surface area contributed by atoms with E-state index in [0.29, 0.717) is 0 Å². The van der Waals surface area contributed by atoms with Gasteiger partial charge in [0.15, 0.2) is 12.2 Å². The summed E-state index contributed by atoms with van der Waals surface area (Å²) in [6.45, 7) is -3.16. The van der Waals surface area contributed by atoms with Gasteiger partial charge in [0.2, 0.25) is 0 Å². The lowest BCUT2D eigenvalue weighted by Crippen LogP contribution is -2.50. The fourth-order valence-electron chi connectivity index (χ4n) is 1.33. The highest BCUT2D eigenvalue weighted by Crippen LogP contribution is 2.37. The number of carbonyl (C=O) groups is 1. The molecule has 0 heterocycles. The van der Waals surface area contributed by atoms with Gasteiger partial charge in [0, 0.05) is 0 Å². The zero-order valence-corrected chi connectivity index (χ0v) is 12.1. The van der Waals surface area contributed by atoms with Crippen LogP contribution in [0.3, 0.4) is 0 Å². The van der Waals surface area contributed by atoms with Crippen molar-refractivity contribution in [2.24, 2.45) is 0 Å². The average Bonchev–Trinajstić information content (AvgIpc) is 2.46. The Labute approximate surface area is 124 Å². The zero-order chi connectivity index (χ0) is 17.5. The van der Waals surface area contributed by atoms with Gasteiger partial charge in [0.05, 0.1) is 19.8 Å². The molecular formula is C9H19O12P. The lowest BCUT2D eigenvalue weighted by molar-refractivity contribution is -0.185. The lowest BCUT2D eigenvalue weighted by atomic mass is 10.0. The van der Waals surface area contributed by atoms with E-state index in [2.05, 4.69) is 9.26 Å². The van der Waals surface area contributed by atoms with Crippen LogP contribution in [0, 0.1) is 0 Å². The second-order valence-corrected chi connectivity index (χ2v) is 5.35. The summed E-state index contributed by atoms with van der Waals surface area (Å²) in [6.07, 6.45) is -9.82. The van der Waals surface area contributed by atoms with Gasteiger partial charge in [0.25, 0.3) is 0 Å². The normalized spacial score (nSPS) is 19.1. The summed E-state index contributed by atoms with van der Waals surface area (Å²) < 4.78 is 19.0. The summed E-state index contributed by atoms with van der Waals surface area (Å²) in [6, 6.07) is 0. The van der Waals surface area contributed by atoms with Gasteiger partial charge in [0.1, 0.15) is 18.3 Å². The Bertz CT molecular complexity index is 383. The van der Waals surface area contributed by atoms with Crippen LogP contribution in [0.5, 0.6) is 0 Å². The first-order chi connectivity index (χ1) is 10.1. The Morgan fingerprint density at radius 1 is 0.955 bits per heavy atom. The van der Waals surface area contributed by atoms with Crippen molar-refractivity contribution in [3.8, 4) is 0 Å². The molecule has 0 aliphatic carbocycles. The van der Waals surface area contributed by atoms with E-state index in [0.717, 1.165) is 0 Å². The number of phosphoric acid groups is 1. The van der Waals surface area contributed by atoms with E-state index < -0.39 is 64.1 Å². The van der Waals surface area contributed by atoms with Crippen LogP contribution in [-0.2, 0) is 18.6 Å². The van der Waals surface area contributed by atoms with E-state index in [9.17, 15) is 24.7 Å². The third kappa shape index (κ3) is 7.07. The van der Waals surface area contributed by atoms with Crippen molar-refractivity contribution in [1.82, 2.24) is 0 Å². The van der Waals surface area contributed by atoms with Crippen LogP contribution in [0.1, 0.15) is 0 Å². The van der Waals surface area contributed by atoms with Crippen LogP contribution < -0.4 is 0 Å². The Morgan fingerprint density at radius 2 is 1.45 bits per heavy atom. The number of esters is 1. The van der Waals surface area contributed by atoms with Crippen molar-refractivity contribution in [1.29, 1.82) is 0 Å². The molecule has 0 aromatic carbocycles. The Hall–Kier alpha value is -0.660. The second kappa shape index (κ2) is 9.47. The van der Waals surface area contributed by atoms with Gasteiger partial charge >= 0.3 is 13.8 Å². The molecule has 1 unspecified atom stereocenters. The van der Waals surface area contributed by atoms with Gasteiger partial charge in [-0.2, -0.15) is 0 Å². The van der Waals surface area contributed by atoms with Gasteiger partial charge in [-0.05, 0) is 0 Å². The van der Waals surface area contributed by atoms with E-state index >= 15 is 0 Å². The molecule has 0 bridgehead atoms. The van der Waals surface area contributed by atoms with E-state index in [4.69, 9.17) is 25.1 Å². The number of hydrogen-bond donors (Lipinski definition) is 8. The number of hydrogen-bond acceptors (Lipinski definition) is 10. The molecule has 13 heteroatoms. The zero-order valence-electron chi connectivity index (χ0n) is 11.2. The molecule has 0 spiro atoms. The van der Waals surface area contributed by atoms with Crippen molar-refractivity contribution >= 4 is 13.8 Å². The minimum absolute atomic E-state index is 0.963. The van der Waals surface area contributed by atoms with Crippen LogP contribution in [0.4, 0.5) is 0 Å². The standard InChI is InChI=1S/C9H19O12P/c10-1-4(13)7(15)8(5(14)2-11)20-9(16)6(3-12)21-22(17,18)19/h4-8,10-15H,1-3H2,(H2,17,18,19)/t4-,5-,6?,7-,8-/m1/s1. The van der Waals surface area contributed by atoms with E-state index in [1.54, 1.807) is 0 Å². The summed E-state index contributed by atoms with van der Waals surface area (Å²) in [5.41, 5.74) is 0. The Morgan fingerprint density at radius 3 is 1.82 bits per heavy atom. The molecule has 5 atom stereocenters. The molecule has 0 saturated carbocycles. The van der Waals surface area contributed by atoms with E-state index in [1.165, 1.54) is 0 Å². The molecule has 132 valence electrons. The fraction of sp³-hybridized carbons (Fsp3) is 0.889. The summed E-state index contributed by atoms with van der Waals surface area (Å²) in [5.74, 6) is -1.58. The summed E-state index contributed by atoms with van der Waals surface area (Å²) in [7, 11) is -5.14. The predicted molar refractivity (Wildman–Crippen MR) is 66.1 cm³/mol. The van der Waals surface area contributed by atoms with Gasteiger partial charge in [-0.15, -0.1) is 0 Å². The Kier molecular flexibility index (Phi) is 9.19. The topological polar surface area (TPSA) is 214 Å². The molecule has 0 rings (SSSR count). The number of rotatable bonds is 10. The molecule has 0 amide bonds. The second-order valence-electron chi connectivity index (χ2n) is 4.16. The van der Waals surface area contributed by atoms with Crippen LogP contribution in [-0.4, -0.2) is 96.7 Å². The van der Waals surface area contributed by atoms with Gasteiger partial charge in [-0.25, -0.2) is 9.36 Å². The number of carbonyl (C=O) groups excluding carboxylic acids is 1. The van der Waals surface area contributed by atoms with Crippen LogP contribution in [0.25, 0.3) is 0 Å². The van der Waals surface area contributed by atoms with Gasteiger partial charge in [-0.1, -0.05) is 0 Å². The first kappa shape index (κ1) is 21.3. The summed E-state index contributed by atoms with van der Waals surface area (Å²) in [4.78, 5) is 28.7. The number of ether oxygens (including phenoxy) is 1. The summed E-state index contributed by atoms with van der Waals surface area (Å²) >= 11 is 0. The third-order valence-corrected chi connectivity index (χ3v) is 2.96. The Balaban J connectivity index is 5.05. The minimum atomic E-state index is -5.14. The van der Waals surface area contributed by atoms with Crippen molar-refractivity contribution in [2.75, 3.05) is 19.8 Å². The average molecular weight is 350 g/mol. The van der Waals surface area contributed by atoms with Crippen LogP contribution in [0.2, 0.25) is 0 Å². The molecule has 0 aliphatic heterocycles. The molecule has 0 fully saturated rings. The molecule has 0 aliphatic rings. The molecule has 12 nitrogen and oxygen atoms in total.